The Balaban J connectivity index is 1.83. The summed E-state index contributed by atoms with van der Waals surface area (Å²) in [4.78, 5) is 12.5. The van der Waals surface area contributed by atoms with Crippen LogP contribution in [0.5, 0.6) is 11.5 Å². The quantitative estimate of drug-likeness (QED) is 0.277. The van der Waals surface area contributed by atoms with E-state index in [0.29, 0.717) is 12.2 Å². The average molecular weight is 365 g/mol. The Morgan fingerprint density at radius 2 is 1.89 bits per heavy atom. The van der Waals surface area contributed by atoms with Gasteiger partial charge in [-0.1, -0.05) is 35.0 Å². The molecule has 0 aliphatic carbocycles. The number of nitrogens with zero attached hydrogens (tertiary/aromatic N) is 3. The first kappa shape index (κ1) is 18.2. The van der Waals surface area contributed by atoms with Gasteiger partial charge in [-0.3, -0.25) is 4.79 Å². The second-order valence-corrected chi connectivity index (χ2v) is 6.27. The van der Waals surface area contributed by atoms with Gasteiger partial charge in [0.05, 0.1) is 12.2 Å². The first-order chi connectivity index (χ1) is 12.8. The Hall–Kier alpha value is -3.61. The van der Waals surface area contributed by atoms with Gasteiger partial charge >= 0.3 is 0 Å². The molecule has 138 valence electrons. The lowest BCUT2D eigenvalue weighted by atomic mass is 10.1. The van der Waals surface area contributed by atoms with Crippen LogP contribution in [-0.4, -0.2) is 36.1 Å². The van der Waals surface area contributed by atoms with E-state index in [1.807, 2.05) is 31.2 Å². The molecule has 3 N–H and O–H groups in total. The van der Waals surface area contributed by atoms with E-state index in [4.69, 9.17) is 0 Å². The number of hydrogen-bond donors (Lipinski definition) is 3. The number of carbonyl (C=O) groups is 1. The van der Waals surface area contributed by atoms with Crippen molar-refractivity contribution in [2.24, 2.45) is 0 Å². The van der Waals surface area contributed by atoms with Crippen LogP contribution < -0.4 is 0 Å². The second kappa shape index (κ2) is 7.33. The van der Waals surface area contributed by atoms with Crippen LogP contribution >= 0.6 is 0 Å². The van der Waals surface area contributed by atoms with Crippen LogP contribution in [0.2, 0.25) is 0 Å². The summed E-state index contributed by atoms with van der Waals surface area (Å²) in [6.45, 7) is 4.22. The van der Waals surface area contributed by atoms with Crippen LogP contribution in [0.1, 0.15) is 32.9 Å². The van der Waals surface area contributed by atoms with E-state index in [2.05, 4.69) is 10.3 Å². The standard InChI is InChI=1S/C20H19N3O4/c1-12-4-3-5-14(8-12)11-23-13(2)20(21-22-23)19(27)10-17(25)15-6-7-16(24)18(26)9-15/h3-10,24-26H,11H2,1-2H3/b17-10-. The fourth-order valence-electron chi connectivity index (χ4n) is 2.68. The van der Waals surface area contributed by atoms with Crippen molar-refractivity contribution in [2.45, 2.75) is 20.4 Å². The lowest BCUT2D eigenvalue weighted by Crippen LogP contribution is -2.06. The minimum Gasteiger partial charge on any atom is -0.507 e. The highest BCUT2D eigenvalue weighted by molar-refractivity contribution is 6.07. The van der Waals surface area contributed by atoms with Crippen molar-refractivity contribution in [3.8, 4) is 11.5 Å². The maximum absolute atomic E-state index is 12.5. The van der Waals surface area contributed by atoms with Crippen LogP contribution in [0.25, 0.3) is 5.76 Å². The summed E-state index contributed by atoms with van der Waals surface area (Å²) in [7, 11) is 0. The first-order valence-corrected chi connectivity index (χ1v) is 8.28. The zero-order valence-electron chi connectivity index (χ0n) is 14.9. The van der Waals surface area contributed by atoms with Crippen LogP contribution in [-0.2, 0) is 6.54 Å². The van der Waals surface area contributed by atoms with Crippen molar-refractivity contribution in [1.82, 2.24) is 15.0 Å². The van der Waals surface area contributed by atoms with Crippen molar-refractivity contribution in [3.63, 3.8) is 0 Å². The Kier molecular flexibility index (Phi) is 4.94. The molecule has 0 fully saturated rings. The molecule has 0 aliphatic heterocycles. The number of rotatable bonds is 5. The minimum atomic E-state index is -0.506. The number of aliphatic hydroxyl groups is 1. The molecule has 0 amide bonds. The Morgan fingerprint density at radius 1 is 1.11 bits per heavy atom. The summed E-state index contributed by atoms with van der Waals surface area (Å²) >= 11 is 0. The van der Waals surface area contributed by atoms with Crippen molar-refractivity contribution < 1.29 is 20.1 Å². The zero-order chi connectivity index (χ0) is 19.6. The SMILES string of the molecule is Cc1cccc(Cn2nnc(C(=O)/C=C(\O)c3ccc(O)c(O)c3)c2C)c1. The molecule has 0 aliphatic rings. The molecule has 2 aromatic carbocycles. The number of aromatic hydroxyl groups is 2. The van der Waals surface area contributed by atoms with E-state index in [1.165, 1.54) is 12.1 Å². The minimum absolute atomic E-state index is 0.136. The lowest BCUT2D eigenvalue weighted by molar-refractivity contribution is 0.104. The molecule has 0 saturated carbocycles. The number of aryl methyl sites for hydroxylation is 1. The fraction of sp³-hybridized carbons (Fsp3) is 0.150. The van der Waals surface area contributed by atoms with Gasteiger partial charge in [0.15, 0.2) is 17.2 Å². The van der Waals surface area contributed by atoms with E-state index in [0.717, 1.165) is 23.3 Å². The third kappa shape index (κ3) is 3.98. The molecule has 0 atom stereocenters. The Morgan fingerprint density at radius 3 is 2.59 bits per heavy atom. The molecule has 3 aromatic rings. The van der Waals surface area contributed by atoms with Crippen molar-refractivity contribution >= 4 is 11.5 Å². The van der Waals surface area contributed by atoms with E-state index < -0.39 is 5.78 Å². The van der Waals surface area contributed by atoms with Gasteiger partial charge in [0.1, 0.15) is 5.76 Å². The van der Waals surface area contributed by atoms with Gasteiger partial charge in [0, 0.05) is 11.6 Å². The smallest absolute Gasteiger partial charge is 0.211 e. The number of phenolic OH excluding ortho intramolecular Hbond substituents is 2. The summed E-state index contributed by atoms with van der Waals surface area (Å²) in [6, 6.07) is 11.7. The summed E-state index contributed by atoms with van der Waals surface area (Å²) in [6.07, 6.45) is 1.01. The highest BCUT2D eigenvalue weighted by Gasteiger charge is 2.16. The van der Waals surface area contributed by atoms with Gasteiger partial charge in [-0.2, -0.15) is 0 Å². The third-order valence-corrected chi connectivity index (χ3v) is 4.17. The molecule has 7 heteroatoms. The molecule has 7 nitrogen and oxygen atoms in total. The number of carbonyl (C=O) groups excluding carboxylic acids is 1. The summed E-state index contributed by atoms with van der Waals surface area (Å²) in [5, 5.41) is 36.9. The Bertz CT molecular complexity index is 1040. The first-order valence-electron chi connectivity index (χ1n) is 8.28. The molecule has 1 heterocycles. The third-order valence-electron chi connectivity index (χ3n) is 4.17. The highest BCUT2D eigenvalue weighted by Crippen LogP contribution is 2.27. The van der Waals surface area contributed by atoms with Gasteiger partial charge in [0.25, 0.3) is 0 Å². The molecule has 0 spiro atoms. The van der Waals surface area contributed by atoms with Crippen LogP contribution in [0.3, 0.4) is 0 Å². The maximum Gasteiger partial charge on any atom is 0.211 e. The summed E-state index contributed by atoms with van der Waals surface area (Å²) in [5.74, 6) is -1.55. The largest absolute Gasteiger partial charge is 0.507 e. The summed E-state index contributed by atoms with van der Waals surface area (Å²) in [5.41, 5.74) is 3.09. The van der Waals surface area contributed by atoms with Gasteiger partial charge in [0.2, 0.25) is 5.78 Å². The molecule has 1 aromatic heterocycles. The fourth-order valence-corrected chi connectivity index (χ4v) is 2.68. The van der Waals surface area contributed by atoms with Crippen molar-refractivity contribution in [3.05, 3.63) is 76.6 Å². The van der Waals surface area contributed by atoms with Crippen LogP contribution in [0.4, 0.5) is 0 Å². The maximum atomic E-state index is 12.5. The van der Waals surface area contributed by atoms with Gasteiger partial charge in [-0.05, 0) is 37.6 Å². The molecule has 0 bridgehead atoms. The average Bonchev–Trinajstić information content (AvgIpc) is 2.98. The number of phenols is 2. The van der Waals surface area contributed by atoms with E-state index in [-0.39, 0.29) is 28.5 Å². The molecular formula is C20H19N3O4. The zero-order valence-corrected chi connectivity index (χ0v) is 14.9. The highest BCUT2D eigenvalue weighted by atomic mass is 16.3. The van der Waals surface area contributed by atoms with E-state index in [9.17, 15) is 20.1 Å². The van der Waals surface area contributed by atoms with Crippen molar-refractivity contribution in [2.75, 3.05) is 0 Å². The topological polar surface area (TPSA) is 108 Å². The van der Waals surface area contributed by atoms with Gasteiger partial charge < -0.3 is 15.3 Å². The molecular weight excluding hydrogens is 346 g/mol. The van der Waals surface area contributed by atoms with Gasteiger partial charge in [-0.15, -0.1) is 5.10 Å². The predicted molar refractivity (Wildman–Crippen MR) is 99.7 cm³/mol. The molecule has 0 unspecified atom stereocenters. The lowest BCUT2D eigenvalue weighted by Gasteiger charge is -2.05. The number of aliphatic hydroxyl groups excluding tert-OH is 1. The molecule has 0 saturated heterocycles. The monoisotopic (exact) mass is 365 g/mol. The molecule has 3 rings (SSSR count). The van der Waals surface area contributed by atoms with E-state index >= 15 is 0 Å². The molecule has 27 heavy (non-hydrogen) atoms. The van der Waals surface area contributed by atoms with Crippen molar-refractivity contribution in [1.29, 1.82) is 0 Å². The number of hydrogen-bond acceptors (Lipinski definition) is 6. The number of allylic oxidation sites excluding steroid dienone is 1. The number of aromatic nitrogens is 3. The predicted octanol–water partition coefficient (Wildman–Crippen LogP) is 3.14. The Labute approximate surface area is 155 Å². The summed E-state index contributed by atoms with van der Waals surface area (Å²) < 4.78 is 1.62. The van der Waals surface area contributed by atoms with Gasteiger partial charge in [-0.25, -0.2) is 4.68 Å². The second-order valence-electron chi connectivity index (χ2n) is 6.27. The molecule has 0 radical (unpaired) electrons. The van der Waals surface area contributed by atoms with Crippen LogP contribution in [0, 0.1) is 13.8 Å². The van der Waals surface area contributed by atoms with E-state index in [1.54, 1.807) is 11.6 Å². The normalized spacial score (nSPS) is 11.6. The number of ketones is 1. The van der Waals surface area contributed by atoms with Crippen LogP contribution in [0.15, 0.2) is 48.5 Å². The number of benzene rings is 2.